The lowest BCUT2D eigenvalue weighted by Gasteiger charge is -2.23. The lowest BCUT2D eigenvalue weighted by atomic mass is 10.1. The molecule has 1 saturated heterocycles. The average Bonchev–Trinajstić information content (AvgIpc) is 2.85. The number of carbonyl (C=O) groups excluding carboxylic acids is 1. The number of fused-ring (bicyclic) bond motifs is 1. The van der Waals surface area contributed by atoms with E-state index in [1.54, 1.807) is 7.11 Å². The molecular weight excluding hydrogens is 268 g/mol. The summed E-state index contributed by atoms with van der Waals surface area (Å²) in [6.45, 7) is 4.41. The summed E-state index contributed by atoms with van der Waals surface area (Å²) in [7, 11) is 1.65. The maximum atomic E-state index is 11.9. The maximum Gasteiger partial charge on any atom is 0.237 e. The first-order valence-corrected chi connectivity index (χ1v) is 7.27. The number of aryl methyl sites for hydroxylation is 1. The SMILES string of the molecule is CCn1c(CC2NCCNC2=O)nc2cc(OC)ccc21. The van der Waals surface area contributed by atoms with Gasteiger partial charge in [0.1, 0.15) is 11.6 Å². The lowest BCUT2D eigenvalue weighted by molar-refractivity contribution is -0.124. The van der Waals surface area contributed by atoms with Crippen molar-refractivity contribution in [3.05, 3.63) is 24.0 Å². The Kier molecular flexibility index (Phi) is 3.79. The second kappa shape index (κ2) is 5.73. The third kappa shape index (κ3) is 2.58. The van der Waals surface area contributed by atoms with E-state index in [1.165, 1.54) is 0 Å². The van der Waals surface area contributed by atoms with Crippen molar-refractivity contribution in [2.24, 2.45) is 0 Å². The molecule has 2 heterocycles. The Morgan fingerprint density at radius 2 is 2.29 bits per heavy atom. The first-order valence-electron chi connectivity index (χ1n) is 7.27. The number of nitrogens with one attached hydrogen (secondary N) is 2. The molecule has 0 aliphatic carbocycles. The molecular formula is C15H20N4O2. The van der Waals surface area contributed by atoms with Crippen molar-refractivity contribution in [1.82, 2.24) is 20.2 Å². The Hall–Kier alpha value is -2.08. The first kappa shape index (κ1) is 13.9. The molecule has 2 aromatic rings. The summed E-state index contributed by atoms with van der Waals surface area (Å²) in [6.07, 6.45) is 0.594. The van der Waals surface area contributed by atoms with Crippen LogP contribution in [-0.2, 0) is 17.8 Å². The number of methoxy groups -OCH3 is 1. The van der Waals surface area contributed by atoms with E-state index < -0.39 is 0 Å². The van der Waals surface area contributed by atoms with Crippen LogP contribution in [0.1, 0.15) is 12.7 Å². The van der Waals surface area contributed by atoms with Crippen LogP contribution in [0.3, 0.4) is 0 Å². The molecule has 1 aliphatic rings. The van der Waals surface area contributed by atoms with E-state index in [0.717, 1.165) is 35.7 Å². The van der Waals surface area contributed by atoms with Gasteiger partial charge in [-0.3, -0.25) is 4.79 Å². The average molecular weight is 288 g/mol. The molecule has 1 aromatic carbocycles. The van der Waals surface area contributed by atoms with Crippen LogP contribution in [0.15, 0.2) is 18.2 Å². The van der Waals surface area contributed by atoms with E-state index in [1.807, 2.05) is 18.2 Å². The molecule has 1 fully saturated rings. The molecule has 1 aromatic heterocycles. The molecule has 1 amide bonds. The van der Waals surface area contributed by atoms with Gasteiger partial charge in [0.2, 0.25) is 5.91 Å². The van der Waals surface area contributed by atoms with Gasteiger partial charge in [-0.15, -0.1) is 0 Å². The van der Waals surface area contributed by atoms with Crippen LogP contribution >= 0.6 is 0 Å². The largest absolute Gasteiger partial charge is 0.497 e. The minimum Gasteiger partial charge on any atom is -0.497 e. The molecule has 3 rings (SSSR count). The third-order valence-corrected chi connectivity index (χ3v) is 3.87. The third-order valence-electron chi connectivity index (χ3n) is 3.87. The van der Waals surface area contributed by atoms with Crippen molar-refractivity contribution in [2.75, 3.05) is 20.2 Å². The molecule has 0 bridgehead atoms. The van der Waals surface area contributed by atoms with Crippen LogP contribution in [0, 0.1) is 0 Å². The highest BCUT2D eigenvalue weighted by Gasteiger charge is 2.24. The van der Waals surface area contributed by atoms with Gasteiger partial charge in [0.15, 0.2) is 0 Å². The molecule has 2 N–H and O–H groups in total. The van der Waals surface area contributed by atoms with Crippen molar-refractivity contribution >= 4 is 16.9 Å². The number of imidazole rings is 1. The number of benzene rings is 1. The Bertz CT molecular complexity index is 665. The minimum atomic E-state index is -0.206. The Morgan fingerprint density at radius 3 is 3.00 bits per heavy atom. The number of hydrogen-bond acceptors (Lipinski definition) is 4. The van der Waals surface area contributed by atoms with Crippen LogP contribution in [0.5, 0.6) is 5.75 Å². The van der Waals surface area contributed by atoms with Gasteiger partial charge in [0.05, 0.1) is 24.2 Å². The number of ether oxygens (including phenoxy) is 1. The molecule has 6 nitrogen and oxygen atoms in total. The van der Waals surface area contributed by atoms with Crippen molar-refractivity contribution in [1.29, 1.82) is 0 Å². The van der Waals surface area contributed by atoms with Gasteiger partial charge in [-0.2, -0.15) is 0 Å². The second-order valence-electron chi connectivity index (χ2n) is 5.13. The highest BCUT2D eigenvalue weighted by molar-refractivity contribution is 5.83. The number of hydrogen-bond donors (Lipinski definition) is 2. The first-order chi connectivity index (χ1) is 10.2. The van der Waals surface area contributed by atoms with Crippen molar-refractivity contribution in [3.63, 3.8) is 0 Å². The topological polar surface area (TPSA) is 68.2 Å². The molecule has 112 valence electrons. The van der Waals surface area contributed by atoms with E-state index in [0.29, 0.717) is 13.0 Å². The zero-order valence-corrected chi connectivity index (χ0v) is 12.3. The molecule has 0 radical (unpaired) electrons. The zero-order valence-electron chi connectivity index (χ0n) is 12.3. The summed E-state index contributed by atoms with van der Waals surface area (Å²) in [4.78, 5) is 16.6. The maximum absolute atomic E-state index is 11.9. The number of piperazine rings is 1. The molecule has 1 unspecified atom stereocenters. The fourth-order valence-corrected chi connectivity index (χ4v) is 2.79. The fourth-order valence-electron chi connectivity index (χ4n) is 2.79. The molecule has 0 saturated carbocycles. The van der Waals surface area contributed by atoms with Gasteiger partial charge in [0.25, 0.3) is 0 Å². The van der Waals surface area contributed by atoms with E-state index in [2.05, 4.69) is 27.1 Å². The quantitative estimate of drug-likeness (QED) is 0.869. The minimum absolute atomic E-state index is 0.0496. The van der Waals surface area contributed by atoms with Crippen LogP contribution in [0.2, 0.25) is 0 Å². The van der Waals surface area contributed by atoms with E-state index in [4.69, 9.17) is 4.74 Å². The van der Waals surface area contributed by atoms with Gasteiger partial charge in [-0.25, -0.2) is 4.98 Å². The van der Waals surface area contributed by atoms with Crippen molar-refractivity contribution in [2.45, 2.75) is 25.9 Å². The van der Waals surface area contributed by atoms with Gasteiger partial charge in [-0.1, -0.05) is 0 Å². The Balaban J connectivity index is 1.95. The Morgan fingerprint density at radius 1 is 1.43 bits per heavy atom. The lowest BCUT2D eigenvalue weighted by Crippen LogP contribution is -2.54. The highest BCUT2D eigenvalue weighted by Crippen LogP contribution is 2.22. The monoisotopic (exact) mass is 288 g/mol. The summed E-state index contributed by atoms with van der Waals surface area (Å²) >= 11 is 0. The smallest absolute Gasteiger partial charge is 0.237 e. The van der Waals surface area contributed by atoms with Crippen molar-refractivity contribution < 1.29 is 9.53 Å². The van der Waals surface area contributed by atoms with Crippen LogP contribution in [0.25, 0.3) is 11.0 Å². The number of carbonyl (C=O) groups is 1. The highest BCUT2D eigenvalue weighted by atomic mass is 16.5. The van der Waals surface area contributed by atoms with Crippen molar-refractivity contribution in [3.8, 4) is 5.75 Å². The second-order valence-corrected chi connectivity index (χ2v) is 5.13. The predicted octanol–water partition coefficient (Wildman–Crippen LogP) is 0.695. The van der Waals surface area contributed by atoms with Crippen LogP contribution < -0.4 is 15.4 Å². The number of aromatic nitrogens is 2. The van der Waals surface area contributed by atoms with Crippen LogP contribution in [-0.4, -0.2) is 41.7 Å². The number of nitrogens with zero attached hydrogens (tertiary/aromatic N) is 2. The fraction of sp³-hybridized carbons (Fsp3) is 0.467. The number of amides is 1. The summed E-state index contributed by atoms with van der Waals surface area (Å²) in [5, 5.41) is 6.13. The summed E-state index contributed by atoms with van der Waals surface area (Å²) in [5.41, 5.74) is 1.98. The van der Waals surface area contributed by atoms with E-state index in [9.17, 15) is 4.79 Å². The van der Waals surface area contributed by atoms with Crippen LogP contribution in [0.4, 0.5) is 0 Å². The van der Waals surface area contributed by atoms with Gasteiger partial charge < -0.3 is 19.9 Å². The van der Waals surface area contributed by atoms with Gasteiger partial charge in [0, 0.05) is 32.1 Å². The molecule has 6 heteroatoms. The summed E-state index contributed by atoms with van der Waals surface area (Å²) < 4.78 is 7.40. The number of rotatable bonds is 4. The molecule has 1 atom stereocenters. The predicted molar refractivity (Wildman–Crippen MR) is 80.5 cm³/mol. The van der Waals surface area contributed by atoms with Gasteiger partial charge in [-0.05, 0) is 19.1 Å². The zero-order chi connectivity index (χ0) is 14.8. The van der Waals surface area contributed by atoms with E-state index >= 15 is 0 Å². The molecule has 0 spiro atoms. The normalized spacial score (nSPS) is 18.8. The van der Waals surface area contributed by atoms with Gasteiger partial charge >= 0.3 is 0 Å². The Labute approximate surface area is 123 Å². The molecule has 1 aliphatic heterocycles. The molecule has 21 heavy (non-hydrogen) atoms. The van der Waals surface area contributed by atoms with E-state index in [-0.39, 0.29) is 11.9 Å². The summed E-state index contributed by atoms with van der Waals surface area (Å²) in [6, 6.07) is 5.68. The summed E-state index contributed by atoms with van der Waals surface area (Å²) in [5.74, 6) is 1.77. The standard InChI is InChI=1S/C15H20N4O2/c1-3-19-13-5-4-10(21-2)8-11(13)18-14(19)9-12-15(20)17-7-6-16-12/h4-5,8,12,16H,3,6-7,9H2,1-2H3,(H,17,20).